The molecule has 0 aliphatic carbocycles. The molecule has 2 aromatic rings. The molecule has 0 saturated carbocycles. The fourth-order valence-electron chi connectivity index (χ4n) is 2.18. The number of aromatic amines is 1. The number of nitrogens with zero attached hydrogens (tertiary/aromatic N) is 2. The molecular weight excluding hydrogens is 458 g/mol. The summed E-state index contributed by atoms with van der Waals surface area (Å²) in [7, 11) is 1.56. The lowest BCUT2D eigenvalue weighted by molar-refractivity contribution is -0.115. The summed E-state index contributed by atoms with van der Waals surface area (Å²) in [5.74, 6) is 0.530. The number of halogens is 2. The first-order chi connectivity index (χ1) is 11.9. The Morgan fingerprint density at radius 3 is 2.64 bits per heavy atom. The zero-order valence-electron chi connectivity index (χ0n) is 13.3. The number of ether oxygens (including phenoxy) is 1. The predicted molar refractivity (Wildman–Crippen MR) is 101 cm³/mol. The smallest absolute Gasteiger partial charge is 0.269 e. The number of methoxy groups -OCH3 is 1. The van der Waals surface area contributed by atoms with Crippen molar-refractivity contribution >= 4 is 49.4 Å². The number of H-pyrrole nitrogens is 1. The average molecular weight is 475 g/mol. The number of hydrogen-bond donors (Lipinski definition) is 4. The van der Waals surface area contributed by atoms with Gasteiger partial charge in [-0.1, -0.05) is 5.16 Å². The van der Waals surface area contributed by atoms with E-state index in [1.165, 1.54) is 0 Å². The quantitative estimate of drug-likeness (QED) is 0.278. The summed E-state index contributed by atoms with van der Waals surface area (Å²) >= 11 is 6.80. The third-order valence-corrected chi connectivity index (χ3v) is 4.52. The minimum atomic E-state index is -0.446. The molecule has 25 heavy (non-hydrogen) atoms. The van der Waals surface area contributed by atoms with E-state index in [2.05, 4.69) is 52.3 Å². The standard InChI is InChI=1S/C15H17Br2N5O3/c1-25-13-10(16)4-8(5-11(13)17)6-12(22-24)14(23)19-3-2-9-7-20-15(18)21-9/h4-5,7,24H,2-3,6H2,1H3,(H,19,23)(H3,18,20,21)/b22-12+. The number of carbonyl (C=O) groups excluding carboxylic acids is 1. The molecular formula is C15H17Br2N5O3. The fourth-order valence-corrected chi connectivity index (χ4v) is 3.79. The zero-order valence-corrected chi connectivity index (χ0v) is 16.5. The number of aromatic nitrogens is 2. The van der Waals surface area contributed by atoms with Crippen LogP contribution in [0.15, 0.2) is 32.4 Å². The van der Waals surface area contributed by atoms with E-state index < -0.39 is 5.91 Å². The Labute approximate surface area is 161 Å². The van der Waals surface area contributed by atoms with E-state index >= 15 is 0 Å². The molecule has 10 heteroatoms. The third-order valence-electron chi connectivity index (χ3n) is 3.34. The van der Waals surface area contributed by atoms with Crippen LogP contribution in [0.5, 0.6) is 5.75 Å². The zero-order chi connectivity index (χ0) is 18.4. The Bertz CT molecular complexity index is 768. The van der Waals surface area contributed by atoms with Crippen LogP contribution in [0, 0.1) is 0 Å². The van der Waals surface area contributed by atoms with E-state index in [0.29, 0.717) is 24.7 Å². The lowest BCUT2D eigenvalue weighted by Crippen LogP contribution is -2.33. The Hall–Kier alpha value is -2.07. The van der Waals surface area contributed by atoms with Gasteiger partial charge in [-0.25, -0.2) is 4.98 Å². The highest BCUT2D eigenvalue weighted by molar-refractivity contribution is 9.11. The van der Waals surface area contributed by atoms with Gasteiger partial charge in [0.1, 0.15) is 11.5 Å². The molecule has 1 aromatic carbocycles. The van der Waals surface area contributed by atoms with Gasteiger partial charge < -0.3 is 26.0 Å². The van der Waals surface area contributed by atoms with Crippen molar-refractivity contribution in [2.24, 2.45) is 5.16 Å². The molecule has 0 saturated heterocycles. The summed E-state index contributed by atoms with van der Waals surface area (Å²) in [5, 5.41) is 15.0. The number of imidazole rings is 1. The Kier molecular flexibility index (Phi) is 6.82. The van der Waals surface area contributed by atoms with E-state index in [4.69, 9.17) is 15.7 Å². The van der Waals surface area contributed by atoms with Gasteiger partial charge in [0.25, 0.3) is 5.91 Å². The van der Waals surface area contributed by atoms with Gasteiger partial charge in [0.2, 0.25) is 0 Å². The van der Waals surface area contributed by atoms with Crippen LogP contribution in [0.4, 0.5) is 5.95 Å². The van der Waals surface area contributed by atoms with Crippen molar-refractivity contribution < 1.29 is 14.7 Å². The van der Waals surface area contributed by atoms with Crippen LogP contribution in [0.3, 0.4) is 0 Å². The normalized spacial score (nSPS) is 11.4. The molecule has 1 aromatic heterocycles. The Balaban J connectivity index is 1.96. The van der Waals surface area contributed by atoms with Crippen LogP contribution in [0.2, 0.25) is 0 Å². The van der Waals surface area contributed by atoms with Crippen molar-refractivity contribution in [3.63, 3.8) is 0 Å². The fraction of sp³-hybridized carbons (Fsp3) is 0.267. The minimum absolute atomic E-state index is 0.00749. The molecule has 0 unspecified atom stereocenters. The second kappa shape index (κ2) is 8.86. The molecule has 1 amide bonds. The molecule has 134 valence electrons. The van der Waals surface area contributed by atoms with Crippen molar-refractivity contribution in [1.82, 2.24) is 15.3 Å². The monoisotopic (exact) mass is 473 g/mol. The number of oxime groups is 1. The first kappa shape index (κ1) is 19.3. The summed E-state index contributed by atoms with van der Waals surface area (Å²) in [4.78, 5) is 18.9. The number of nitrogens with two attached hydrogens (primary N) is 1. The summed E-state index contributed by atoms with van der Waals surface area (Å²) in [6.07, 6.45) is 2.31. The van der Waals surface area contributed by atoms with Gasteiger partial charge in [0.15, 0.2) is 5.95 Å². The molecule has 1 heterocycles. The van der Waals surface area contributed by atoms with Crippen LogP contribution in [-0.4, -0.2) is 40.4 Å². The highest BCUT2D eigenvalue weighted by Gasteiger charge is 2.15. The number of hydrogen-bond acceptors (Lipinski definition) is 6. The summed E-state index contributed by atoms with van der Waals surface area (Å²) in [6, 6.07) is 3.60. The van der Waals surface area contributed by atoms with Gasteiger partial charge in [-0.3, -0.25) is 4.79 Å². The maximum atomic E-state index is 12.2. The lowest BCUT2D eigenvalue weighted by atomic mass is 10.1. The Morgan fingerprint density at radius 1 is 1.44 bits per heavy atom. The van der Waals surface area contributed by atoms with Gasteiger partial charge >= 0.3 is 0 Å². The molecule has 0 spiro atoms. The summed E-state index contributed by atoms with van der Waals surface area (Å²) in [5.41, 5.74) is 7.09. The Morgan fingerprint density at radius 2 is 2.12 bits per heavy atom. The highest BCUT2D eigenvalue weighted by Crippen LogP contribution is 2.34. The second-order valence-electron chi connectivity index (χ2n) is 5.12. The van der Waals surface area contributed by atoms with Gasteiger partial charge in [-0.2, -0.15) is 0 Å². The predicted octanol–water partition coefficient (Wildman–Crippen LogP) is 2.26. The molecule has 0 fully saturated rings. The van der Waals surface area contributed by atoms with Crippen LogP contribution in [0.25, 0.3) is 0 Å². The number of rotatable bonds is 7. The number of nitrogens with one attached hydrogen (secondary N) is 2. The van der Waals surface area contributed by atoms with Crippen LogP contribution in [0.1, 0.15) is 11.3 Å². The SMILES string of the molecule is COc1c(Br)cc(C/C(=N\O)C(=O)NCCc2cnc(N)[nH]2)cc1Br. The van der Waals surface area contributed by atoms with Crippen molar-refractivity contribution in [1.29, 1.82) is 0 Å². The molecule has 2 rings (SSSR count). The number of nitrogen functional groups attached to an aromatic ring is 1. The second-order valence-corrected chi connectivity index (χ2v) is 6.82. The van der Waals surface area contributed by atoms with Crippen LogP contribution in [-0.2, 0) is 17.6 Å². The third kappa shape index (κ3) is 5.20. The maximum Gasteiger partial charge on any atom is 0.269 e. The molecule has 8 nitrogen and oxygen atoms in total. The maximum absolute atomic E-state index is 12.2. The van der Waals surface area contributed by atoms with E-state index in [0.717, 1.165) is 20.2 Å². The van der Waals surface area contributed by atoms with E-state index in [1.54, 1.807) is 25.4 Å². The summed E-state index contributed by atoms with van der Waals surface area (Å²) in [6.45, 7) is 0.357. The van der Waals surface area contributed by atoms with E-state index in [9.17, 15) is 4.79 Å². The molecule has 0 radical (unpaired) electrons. The number of amides is 1. The number of anilines is 1. The largest absolute Gasteiger partial charge is 0.494 e. The van der Waals surface area contributed by atoms with Gasteiger partial charge in [0, 0.05) is 25.1 Å². The van der Waals surface area contributed by atoms with E-state index in [1.807, 2.05) is 0 Å². The van der Waals surface area contributed by atoms with Crippen molar-refractivity contribution in [3.8, 4) is 5.75 Å². The van der Waals surface area contributed by atoms with Crippen LogP contribution < -0.4 is 15.8 Å². The molecule has 0 aliphatic heterocycles. The van der Waals surface area contributed by atoms with E-state index in [-0.39, 0.29) is 12.1 Å². The van der Waals surface area contributed by atoms with Crippen LogP contribution >= 0.6 is 31.9 Å². The molecule has 0 aliphatic rings. The van der Waals surface area contributed by atoms with Gasteiger partial charge in [-0.05, 0) is 49.6 Å². The molecule has 5 N–H and O–H groups in total. The summed E-state index contributed by atoms with van der Waals surface area (Å²) < 4.78 is 6.70. The lowest BCUT2D eigenvalue weighted by Gasteiger charge is -2.10. The van der Waals surface area contributed by atoms with Gasteiger partial charge in [-0.15, -0.1) is 0 Å². The topological polar surface area (TPSA) is 126 Å². The van der Waals surface area contributed by atoms with Crippen molar-refractivity contribution in [2.45, 2.75) is 12.8 Å². The minimum Gasteiger partial charge on any atom is -0.494 e. The molecule has 0 bridgehead atoms. The van der Waals surface area contributed by atoms with Gasteiger partial charge in [0.05, 0.1) is 22.3 Å². The average Bonchev–Trinajstić information content (AvgIpc) is 2.97. The number of carbonyl (C=O) groups is 1. The molecule has 0 atom stereocenters. The first-order valence-corrected chi connectivity index (χ1v) is 8.83. The first-order valence-electron chi connectivity index (χ1n) is 7.25. The van der Waals surface area contributed by atoms with Crippen molar-refractivity contribution in [3.05, 3.63) is 38.5 Å². The van der Waals surface area contributed by atoms with Crippen molar-refractivity contribution in [2.75, 3.05) is 19.4 Å². The highest BCUT2D eigenvalue weighted by atomic mass is 79.9. The number of benzene rings is 1.